The Morgan fingerprint density at radius 1 is 1.38 bits per heavy atom. The van der Waals surface area contributed by atoms with Crippen LogP contribution >= 0.6 is 11.6 Å². The lowest BCUT2D eigenvalue weighted by molar-refractivity contribution is -0.214. The minimum atomic E-state index is -0.787. The van der Waals surface area contributed by atoms with Gasteiger partial charge in [0, 0.05) is 26.1 Å². The summed E-state index contributed by atoms with van der Waals surface area (Å²) >= 11 is 6.26. The van der Waals surface area contributed by atoms with E-state index in [9.17, 15) is 10.2 Å². The van der Waals surface area contributed by atoms with Crippen LogP contribution in [0.25, 0.3) is 0 Å². The minimum Gasteiger partial charge on any atom is -0.390 e. The van der Waals surface area contributed by atoms with Crippen LogP contribution in [0.1, 0.15) is 50.5 Å². The number of H-pyrrole nitrogens is 1. The number of unbranched alkanes of at least 4 members (excludes halogenated alkanes) is 1. The summed E-state index contributed by atoms with van der Waals surface area (Å²) < 4.78 is 5.88. The van der Waals surface area contributed by atoms with Crippen LogP contribution in [0.3, 0.4) is 0 Å². The van der Waals surface area contributed by atoms with Gasteiger partial charge in [0.2, 0.25) is 0 Å². The first-order valence-corrected chi connectivity index (χ1v) is 9.37. The second kappa shape index (κ2) is 7.70. The standard InChI is InChI=1S/C17H28ClN3O3/c1-2-3-4-14-19-12(16(18)20-14)11-21-8-6-17(7-9-21)15(23)13(22)5-10-24-17/h13,15,22-23H,2-11H2,1H3,(H,19,20)/t13-,15-/m0/s1. The van der Waals surface area contributed by atoms with Crippen molar-refractivity contribution in [1.82, 2.24) is 14.9 Å². The number of aromatic amines is 1. The Balaban J connectivity index is 1.56. The van der Waals surface area contributed by atoms with Gasteiger partial charge in [-0.3, -0.25) is 4.90 Å². The molecule has 2 aliphatic rings. The van der Waals surface area contributed by atoms with Gasteiger partial charge in [-0.05, 0) is 25.7 Å². The molecule has 0 aromatic carbocycles. The number of aryl methyl sites for hydroxylation is 1. The summed E-state index contributed by atoms with van der Waals surface area (Å²) in [5.41, 5.74) is 0.377. The average molecular weight is 358 g/mol. The smallest absolute Gasteiger partial charge is 0.151 e. The van der Waals surface area contributed by atoms with Gasteiger partial charge in [0.25, 0.3) is 0 Å². The molecule has 2 saturated heterocycles. The molecular formula is C17H28ClN3O3. The summed E-state index contributed by atoms with van der Waals surface area (Å²) in [7, 11) is 0. The van der Waals surface area contributed by atoms with E-state index >= 15 is 0 Å². The van der Waals surface area contributed by atoms with Gasteiger partial charge in [0.1, 0.15) is 11.9 Å². The first kappa shape index (κ1) is 18.1. The van der Waals surface area contributed by atoms with Crippen LogP contribution in [0.4, 0.5) is 0 Å². The molecule has 3 N–H and O–H groups in total. The van der Waals surface area contributed by atoms with Crippen molar-refractivity contribution in [2.24, 2.45) is 0 Å². The van der Waals surface area contributed by atoms with Gasteiger partial charge in [-0.25, -0.2) is 4.98 Å². The number of hydrogen-bond donors (Lipinski definition) is 3. The third-order valence-electron chi connectivity index (χ3n) is 5.34. The lowest BCUT2D eigenvalue weighted by atomic mass is 9.80. The Labute approximate surface area is 148 Å². The molecule has 2 atom stereocenters. The molecule has 0 unspecified atom stereocenters. The second-order valence-electron chi connectivity index (χ2n) is 7.05. The molecule has 136 valence electrons. The maximum atomic E-state index is 10.3. The van der Waals surface area contributed by atoms with Crippen LogP contribution in [0.15, 0.2) is 0 Å². The van der Waals surface area contributed by atoms with E-state index in [4.69, 9.17) is 16.3 Å². The van der Waals surface area contributed by atoms with Gasteiger partial charge in [0.15, 0.2) is 5.15 Å². The highest BCUT2D eigenvalue weighted by Crippen LogP contribution is 2.36. The van der Waals surface area contributed by atoms with Crippen molar-refractivity contribution in [1.29, 1.82) is 0 Å². The predicted molar refractivity (Wildman–Crippen MR) is 92.0 cm³/mol. The molecule has 1 spiro atoms. The maximum Gasteiger partial charge on any atom is 0.151 e. The first-order valence-electron chi connectivity index (χ1n) is 9.00. The molecule has 1 aromatic rings. The fraction of sp³-hybridized carbons (Fsp3) is 0.824. The molecule has 0 radical (unpaired) electrons. The van der Waals surface area contributed by atoms with Gasteiger partial charge < -0.3 is 19.9 Å². The Morgan fingerprint density at radius 2 is 2.12 bits per heavy atom. The number of aromatic nitrogens is 2. The summed E-state index contributed by atoms with van der Waals surface area (Å²) in [6.45, 7) is 5.03. The molecule has 24 heavy (non-hydrogen) atoms. The molecule has 3 heterocycles. The van der Waals surface area contributed by atoms with E-state index in [1.54, 1.807) is 0 Å². The Morgan fingerprint density at radius 3 is 2.83 bits per heavy atom. The average Bonchev–Trinajstić information content (AvgIpc) is 2.92. The fourth-order valence-electron chi connectivity index (χ4n) is 3.74. The van der Waals surface area contributed by atoms with Gasteiger partial charge in [-0.2, -0.15) is 0 Å². The Bertz CT molecular complexity index is 543. The predicted octanol–water partition coefficient (Wildman–Crippen LogP) is 1.88. The molecular weight excluding hydrogens is 330 g/mol. The molecule has 1 aromatic heterocycles. The van der Waals surface area contributed by atoms with Crippen LogP contribution in [-0.2, 0) is 17.7 Å². The monoisotopic (exact) mass is 357 g/mol. The molecule has 2 fully saturated rings. The van der Waals surface area contributed by atoms with Crippen molar-refractivity contribution in [2.45, 2.75) is 69.8 Å². The third kappa shape index (κ3) is 3.78. The summed E-state index contributed by atoms with van der Waals surface area (Å²) in [5.74, 6) is 0.958. The molecule has 7 heteroatoms. The highest BCUT2D eigenvalue weighted by atomic mass is 35.5. The van der Waals surface area contributed by atoms with Crippen molar-refractivity contribution in [3.05, 3.63) is 16.7 Å². The molecule has 6 nitrogen and oxygen atoms in total. The van der Waals surface area contributed by atoms with Crippen molar-refractivity contribution in [2.75, 3.05) is 19.7 Å². The SMILES string of the molecule is CCCCc1nc(Cl)c(CN2CCC3(CC2)OCC[C@H](O)[C@@H]3O)[nH]1. The largest absolute Gasteiger partial charge is 0.390 e. The third-order valence-corrected chi connectivity index (χ3v) is 5.65. The van der Waals surface area contributed by atoms with E-state index < -0.39 is 17.8 Å². The second-order valence-corrected chi connectivity index (χ2v) is 7.40. The normalized spacial score (nSPS) is 27.7. The minimum absolute atomic E-state index is 0.511. The van der Waals surface area contributed by atoms with Crippen molar-refractivity contribution in [3.63, 3.8) is 0 Å². The summed E-state index contributed by atoms with van der Waals surface area (Å²) in [6, 6.07) is 0. The molecule has 2 aliphatic heterocycles. The summed E-state index contributed by atoms with van der Waals surface area (Å²) in [5, 5.41) is 20.8. The molecule has 0 aliphatic carbocycles. The van der Waals surface area contributed by atoms with E-state index in [2.05, 4.69) is 21.8 Å². The number of aliphatic hydroxyl groups is 2. The van der Waals surface area contributed by atoms with Crippen LogP contribution in [0.5, 0.6) is 0 Å². The van der Waals surface area contributed by atoms with Gasteiger partial charge in [-0.1, -0.05) is 24.9 Å². The topological polar surface area (TPSA) is 81.6 Å². The van der Waals surface area contributed by atoms with Crippen molar-refractivity contribution in [3.8, 4) is 0 Å². The number of imidazole rings is 1. The Hall–Kier alpha value is -0.660. The van der Waals surface area contributed by atoms with E-state index in [-0.39, 0.29) is 0 Å². The van der Waals surface area contributed by atoms with Gasteiger partial charge in [-0.15, -0.1) is 0 Å². The molecule has 3 rings (SSSR count). The number of nitrogens with one attached hydrogen (secondary N) is 1. The number of nitrogens with zero attached hydrogens (tertiary/aromatic N) is 2. The lowest BCUT2D eigenvalue weighted by Gasteiger charge is -2.48. The number of ether oxygens (including phenoxy) is 1. The fourth-order valence-corrected chi connectivity index (χ4v) is 3.95. The van der Waals surface area contributed by atoms with E-state index in [1.165, 1.54) is 0 Å². The first-order chi connectivity index (χ1) is 11.5. The number of aliphatic hydroxyl groups excluding tert-OH is 2. The van der Waals surface area contributed by atoms with Gasteiger partial charge >= 0.3 is 0 Å². The number of piperidine rings is 1. The van der Waals surface area contributed by atoms with E-state index in [1.807, 2.05) is 0 Å². The summed E-state index contributed by atoms with van der Waals surface area (Å²) in [4.78, 5) is 10.0. The van der Waals surface area contributed by atoms with Crippen LogP contribution in [0.2, 0.25) is 5.15 Å². The summed E-state index contributed by atoms with van der Waals surface area (Å²) in [6.07, 6.45) is 3.66. The van der Waals surface area contributed by atoms with Crippen LogP contribution < -0.4 is 0 Å². The zero-order chi connectivity index (χ0) is 17.2. The lowest BCUT2D eigenvalue weighted by Crippen LogP contribution is -2.59. The quantitative estimate of drug-likeness (QED) is 0.749. The zero-order valence-corrected chi connectivity index (χ0v) is 15.1. The number of rotatable bonds is 5. The van der Waals surface area contributed by atoms with Crippen molar-refractivity contribution >= 4 is 11.6 Å². The van der Waals surface area contributed by atoms with E-state index in [0.29, 0.717) is 18.2 Å². The van der Waals surface area contributed by atoms with Gasteiger partial charge in [0.05, 0.1) is 24.0 Å². The zero-order valence-electron chi connectivity index (χ0n) is 14.3. The number of likely N-dealkylation sites (tertiary alicyclic amines) is 1. The van der Waals surface area contributed by atoms with Crippen molar-refractivity contribution < 1.29 is 14.9 Å². The number of halogens is 1. The van der Waals surface area contributed by atoms with Crippen LogP contribution in [0, 0.1) is 0 Å². The number of hydrogen-bond acceptors (Lipinski definition) is 5. The van der Waals surface area contributed by atoms with E-state index in [0.717, 1.165) is 63.3 Å². The Kier molecular flexibility index (Phi) is 5.82. The van der Waals surface area contributed by atoms with Crippen LogP contribution in [-0.4, -0.2) is 62.6 Å². The molecule has 0 saturated carbocycles. The molecule has 0 amide bonds. The highest BCUT2D eigenvalue weighted by Gasteiger charge is 2.47. The highest BCUT2D eigenvalue weighted by molar-refractivity contribution is 6.30. The molecule has 0 bridgehead atoms. The maximum absolute atomic E-state index is 10.3.